The molecular formula is C28H17N5O7. The van der Waals surface area contributed by atoms with Crippen LogP contribution in [0.1, 0.15) is 22.6 Å². The van der Waals surface area contributed by atoms with Crippen LogP contribution in [0.25, 0.3) is 28.0 Å². The molecule has 0 saturated heterocycles. The summed E-state index contributed by atoms with van der Waals surface area (Å²) in [7, 11) is 1.44. The summed E-state index contributed by atoms with van der Waals surface area (Å²) < 4.78 is 18.4. The van der Waals surface area contributed by atoms with Crippen LogP contribution in [0.4, 0.5) is 5.69 Å². The van der Waals surface area contributed by atoms with Crippen LogP contribution in [0.2, 0.25) is 0 Å². The maximum absolute atomic E-state index is 13.5. The van der Waals surface area contributed by atoms with E-state index in [0.717, 1.165) is 0 Å². The zero-order valence-electron chi connectivity index (χ0n) is 20.6. The molecule has 1 atom stereocenters. The number of nitro groups is 1. The first-order valence-corrected chi connectivity index (χ1v) is 12.0. The van der Waals surface area contributed by atoms with Gasteiger partial charge in [0.05, 0.1) is 34.5 Å². The third-order valence-corrected chi connectivity index (χ3v) is 6.84. The summed E-state index contributed by atoms with van der Waals surface area (Å²) in [6.07, 6.45) is 1.41. The lowest BCUT2D eigenvalue weighted by atomic mass is 9.83. The number of phenolic OH excluding ortho intramolecular Hbond substituents is 1. The van der Waals surface area contributed by atoms with Crippen LogP contribution in [0.5, 0.6) is 23.1 Å². The maximum Gasteiger partial charge on any atom is 0.344 e. The normalized spacial score (nSPS) is 14.0. The van der Waals surface area contributed by atoms with E-state index in [4.69, 9.17) is 13.9 Å². The molecule has 0 amide bonds. The highest BCUT2D eigenvalue weighted by molar-refractivity contribution is 5.87. The minimum absolute atomic E-state index is 0.0852. The van der Waals surface area contributed by atoms with Gasteiger partial charge in [0.2, 0.25) is 5.88 Å². The molecule has 6 aromatic rings. The van der Waals surface area contributed by atoms with Gasteiger partial charge in [0.15, 0.2) is 28.7 Å². The SMILES string of the molecule is COc1ccc(-c2nc3c4c(ncn3n2)Oc2c(c(=O)oc3ccccc23)C4c2ccccc2[N+](=O)[O-])cc1O. The molecule has 4 heterocycles. The van der Waals surface area contributed by atoms with Crippen molar-refractivity contribution >= 4 is 22.3 Å². The number of phenols is 1. The lowest BCUT2D eigenvalue weighted by Crippen LogP contribution is -2.23. The Kier molecular flexibility index (Phi) is 5.04. The second kappa shape index (κ2) is 8.63. The number of nitrogens with zero attached hydrogens (tertiary/aromatic N) is 5. The van der Waals surface area contributed by atoms with Gasteiger partial charge in [0.25, 0.3) is 5.69 Å². The summed E-state index contributed by atoms with van der Waals surface area (Å²) in [4.78, 5) is 34.2. The highest BCUT2D eigenvalue weighted by Crippen LogP contribution is 2.50. The molecule has 0 radical (unpaired) electrons. The smallest absolute Gasteiger partial charge is 0.344 e. The number of aromatic nitrogens is 4. The van der Waals surface area contributed by atoms with E-state index in [0.29, 0.717) is 22.1 Å². The zero-order chi connectivity index (χ0) is 27.5. The number of aromatic hydroxyl groups is 1. The van der Waals surface area contributed by atoms with Crippen LogP contribution in [0.3, 0.4) is 0 Å². The van der Waals surface area contributed by atoms with Crippen LogP contribution in [0.15, 0.2) is 82.3 Å². The Balaban J connectivity index is 1.54. The van der Waals surface area contributed by atoms with E-state index in [1.807, 2.05) is 0 Å². The number of para-hydroxylation sites is 2. The Hall–Kier alpha value is -5.78. The molecule has 12 heteroatoms. The van der Waals surface area contributed by atoms with E-state index < -0.39 is 16.5 Å². The Morgan fingerprint density at radius 3 is 2.67 bits per heavy atom. The van der Waals surface area contributed by atoms with E-state index >= 15 is 0 Å². The minimum atomic E-state index is -1.02. The molecule has 40 heavy (non-hydrogen) atoms. The van der Waals surface area contributed by atoms with Crippen molar-refractivity contribution in [3.05, 3.63) is 110 Å². The highest BCUT2D eigenvalue weighted by Gasteiger charge is 2.40. The topological polar surface area (TPSA) is 155 Å². The summed E-state index contributed by atoms with van der Waals surface area (Å²) in [6.45, 7) is 0. The van der Waals surface area contributed by atoms with Crippen molar-refractivity contribution in [2.45, 2.75) is 5.92 Å². The maximum atomic E-state index is 13.5. The van der Waals surface area contributed by atoms with Crippen LogP contribution >= 0.6 is 0 Å². The number of benzene rings is 3. The average molecular weight is 535 g/mol. The molecule has 1 aliphatic heterocycles. The first-order chi connectivity index (χ1) is 19.4. The van der Waals surface area contributed by atoms with Gasteiger partial charge >= 0.3 is 5.63 Å². The van der Waals surface area contributed by atoms with Crippen LogP contribution in [-0.2, 0) is 0 Å². The van der Waals surface area contributed by atoms with Gasteiger partial charge in [-0.2, -0.15) is 0 Å². The van der Waals surface area contributed by atoms with Crippen molar-refractivity contribution < 1.29 is 23.9 Å². The molecule has 7 rings (SSSR count). The number of rotatable bonds is 4. The first-order valence-electron chi connectivity index (χ1n) is 12.0. The van der Waals surface area contributed by atoms with Crippen LogP contribution in [0, 0.1) is 10.1 Å². The summed E-state index contributed by atoms with van der Waals surface area (Å²) in [5, 5.41) is 27.4. The molecule has 3 aromatic carbocycles. The molecule has 0 aliphatic carbocycles. The quantitative estimate of drug-likeness (QED) is 0.189. The third-order valence-electron chi connectivity index (χ3n) is 6.84. The number of hydrogen-bond acceptors (Lipinski definition) is 10. The first kappa shape index (κ1) is 23.3. The number of fused-ring (bicyclic) bond motifs is 6. The fourth-order valence-electron chi connectivity index (χ4n) is 5.09. The highest BCUT2D eigenvalue weighted by atomic mass is 16.6. The van der Waals surface area contributed by atoms with Crippen LogP contribution < -0.4 is 15.1 Å². The molecular weight excluding hydrogens is 518 g/mol. The van der Waals surface area contributed by atoms with E-state index in [2.05, 4.69) is 15.1 Å². The van der Waals surface area contributed by atoms with E-state index in [1.54, 1.807) is 54.6 Å². The summed E-state index contributed by atoms with van der Waals surface area (Å²) in [5.41, 5.74) is 0.788. The standard InChI is InChI=1S/C28H17N5O7/c1-38-20-11-10-14(12-18(20)34)25-30-26-23-21(15-6-2-4-8-17(15)33(36)37)22-24(40-27(23)29-13-32(26)31-25)16-7-3-5-9-19(16)39-28(22)35/h2-13,21,34H,1H3. The molecule has 12 nitrogen and oxygen atoms in total. The minimum Gasteiger partial charge on any atom is -0.504 e. The fraction of sp³-hybridized carbons (Fsp3) is 0.0714. The number of nitro benzene ring substituents is 1. The molecule has 196 valence electrons. The van der Waals surface area contributed by atoms with E-state index in [1.165, 1.54) is 30.1 Å². The monoisotopic (exact) mass is 535 g/mol. The Bertz CT molecular complexity index is 2070. The number of hydrogen-bond donors (Lipinski definition) is 1. The summed E-state index contributed by atoms with van der Waals surface area (Å²) >= 11 is 0. The van der Waals surface area contributed by atoms with Gasteiger partial charge in [0.1, 0.15) is 11.9 Å². The molecule has 0 bridgehead atoms. The molecule has 0 spiro atoms. The van der Waals surface area contributed by atoms with Crippen molar-refractivity contribution in [2.24, 2.45) is 0 Å². The van der Waals surface area contributed by atoms with E-state index in [9.17, 15) is 20.0 Å². The number of methoxy groups -OCH3 is 1. The van der Waals surface area contributed by atoms with Crippen molar-refractivity contribution in [1.29, 1.82) is 0 Å². The van der Waals surface area contributed by atoms with Gasteiger partial charge in [-0.05, 0) is 30.3 Å². The predicted molar refractivity (Wildman–Crippen MR) is 141 cm³/mol. The van der Waals surface area contributed by atoms with Gasteiger partial charge < -0.3 is 19.0 Å². The van der Waals surface area contributed by atoms with Crippen LogP contribution in [-0.4, -0.2) is 36.7 Å². The lowest BCUT2D eigenvalue weighted by molar-refractivity contribution is -0.385. The zero-order valence-corrected chi connectivity index (χ0v) is 20.6. The van der Waals surface area contributed by atoms with E-state index in [-0.39, 0.29) is 51.4 Å². The van der Waals surface area contributed by atoms with Gasteiger partial charge in [-0.25, -0.2) is 19.3 Å². The molecule has 1 aliphatic rings. The molecule has 1 unspecified atom stereocenters. The summed E-state index contributed by atoms with van der Waals surface area (Å²) in [5.74, 6) is -0.260. The predicted octanol–water partition coefficient (Wildman–Crippen LogP) is 4.81. The lowest BCUT2D eigenvalue weighted by Gasteiger charge is -2.27. The molecule has 3 aromatic heterocycles. The largest absolute Gasteiger partial charge is 0.504 e. The number of ether oxygens (including phenoxy) is 2. The van der Waals surface area contributed by atoms with Gasteiger partial charge in [0, 0.05) is 17.2 Å². The van der Waals surface area contributed by atoms with Crippen molar-refractivity contribution in [3.8, 4) is 34.5 Å². The van der Waals surface area contributed by atoms with Crippen molar-refractivity contribution in [2.75, 3.05) is 7.11 Å². The molecule has 1 N–H and O–H groups in total. The van der Waals surface area contributed by atoms with Gasteiger partial charge in [-0.3, -0.25) is 10.1 Å². The van der Waals surface area contributed by atoms with Crippen molar-refractivity contribution in [1.82, 2.24) is 19.6 Å². The molecule has 0 fully saturated rings. The third kappa shape index (κ3) is 3.39. The Morgan fingerprint density at radius 1 is 1.07 bits per heavy atom. The van der Waals surface area contributed by atoms with Crippen molar-refractivity contribution in [3.63, 3.8) is 0 Å². The average Bonchev–Trinajstić information content (AvgIpc) is 3.41. The Labute approximate surface area is 223 Å². The fourth-order valence-corrected chi connectivity index (χ4v) is 5.09. The second-order valence-electron chi connectivity index (χ2n) is 9.03. The second-order valence-corrected chi connectivity index (χ2v) is 9.03. The van der Waals surface area contributed by atoms with Gasteiger partial charge in [-0.1, -0.05) is 30.3 Å². The Morgan fingerprint density at radius 2 is 1.88 bits per heavy atom. The molecule has 0 saturated carbocycles. The van der Waals surface area contributed by atoms with Gasteiger partial charge in [-0.15, -0.1) is 5.10 Å². The summed E-state index contributed by atoms with van der Waals surface area (Å²) in [6, 6.07) is 17.8.